The molecule has 1 aromatic heterocycles. The number of sulfone groups is 1. The molecule has 0 fully saturated rings. The minimum atomic E-state index is -3.19. The average molecular weight is 252 g/mol. The van der Waals surface area contributed by atoms with Crippen molar-refractivity contribution in [2.24, 2.45) is 12.8 Å². The van der Waals surface area contributed by atoms with Crippen LogP contribution in [0.3, 0.4) is 0 Å². The molecule has 5 heteroatoms. The zero-order chi connectivity index (χ0) is 12.6. The lowest BCUT2D eigenvalue weighted by atomic mass is 10.2. The molecule has 0 unspecified atom stereocenters. The highest BCUT2D eigenvalue weighted by molar-refractivity contribution is 7.91. The second-order valence-electron chi connectivity index (χ2n) is 4.19. The Labute approximate surface area is 101 Å². The van der Waals surface area contributed by atoms with Gasteiger partial charge in [-0.3, -0.25) is 0 Å². The highest BCUT2D eigenvalue weighted by Crippen LogP contribution is 2.26. The summed E-state index contributed by atoms with van der Waals surface area (Å²) in [7, 11) is -1.26. The summed E-state index contributed by atoms with van der Waals surface area (Å²) in [4.78, 5) is 0.383. The fourth-order valence-corrected chi connectivity index (χ4v) is 2.99. The summed E-state index contributed by atoms with van der Waals surface area (Å²) in [5, 5.41) is 0.779. The van der Waals surface area contributed by atoms with E-state index in [1.165, 1.54) is 6.26 Å². The zero-order valence-electron chi connectivity index (χ0n) is 9.97. The van der Waals surface area contributed by atoms with Gasteiger partial charge in [-0.25, -0.2) is 8.42 Å². The third kappa shape index (κ3) is 2.08. The molecule has 0 amide bonds. The average Bonchev–Trinajstić information content (AvgIpc) is 2.55. The first-order valence-electron chi connectivity index (χ1n) is 5.42. The Morgan fingerprint density at radius 1 is 1.35 bits per heavy atom. The van der Waals surface area contributed by atoms with Crippen LogP contribution in [0.4, 0.5) is 0 Å². The maximum Gasteiger partial charge on any atom is 0.176 e. The van der Waals surface area contributed by atoms with Gasteiger partial charge < -0.3 is 10.3 Å². The quantitative estimate of drug-likeness (QED) is 0.889. The molecule has 1 aromatic carbocycles. The minimum Gasteiger partial charge on any atom is -0.348 e. The van der Waals surface area contributed by atoms with Gasteiger partial charge in [-0.05, 0) is 31.2 Å². The van der Waals surface area contributed by atoms with Gasteiger partial charge in [0.25, 0.3) is 0 Å². The van der Waals surface area contributed by atoms with Crippen LogP contribution >= 0.6 is 0 Å². The zero-order valence-corrected chi connectivity index (χ0v) is 10.8. The minimum absolute atomic E-state index is 0.383. The molecule has 0 aliphatic heterocycles. The summed E-state index contributed by atoms with van der Waals surface area (Å²) in [5.41, 5.74) is 7.52. The van der Waals surface area contributed by atoms with Crippen molar-refractivity contribution in [3.05, 3.63) is 30.0 Å². The van der Waals surface area contributed by atoms with Crippen LogP contribution < -0.4 is 5.73 Å². The number of nitrogens with zero attached hydrogens (tertiary/aromatic N) is 1. The fourth-order valence-electron chi connectivity index (χ4n) is 2.10. The molecule has 0 aliphatic rings. The number of nitrogens with two attached hydrogens (primary N) is 1. The van der Waals surface area contributed by atoms with Crippen LogP contribution in [0.25, 0.3) is 10.9 Å². The van der Waals surface area contributed by atoms with Crippen molar-refractivity contribution in [3.63, 3.8) is 0 Å². The summed E-state index contributed by atoms with van der Waals surface area (Å²) in [6.07, 6.45) is 1.98. The molecule has 17 heavy (non-hydrogen) atoms. The van der Waals surface area contributed by atoms with Gasteiger partial charge in [-0.1, -0.05) is 6.07 Å². The molecule has 1 heterocycles. The molecule has 0 atom stereocenters. The standard InChI is InChI=1S/C12H16N2O2S/c1-14-9(6-7-13)8-10-11(14)4-3-5-12(10)17(2,15)16/h3-5,8H,6-7,13H2,1-2H3. The van der Waals surface area contributed by atoms with E-state index in [4.69, 9.17) is 5.73 Å². The Hall–Kier alpha value is -1.33. The van der Waals surface area contributed by atoms with E-state index in [2.05, 4.69) is 0 Å². The first kappa shape index (κ1) is 12.1. The summed E-state index contributed by atoms with van der Waals surface area (Å²) in [6.45, 7) is 0.554. The number of fused-ring (bicyclic) bond motifs is 1. The van der Waals surface area contributed by atoms with Crippen LogP contribution in [0, 0.1) is 0 Å². The summed E-state index contributed by atoms with van der Waals surface area (Å²) >= 11 is 0. The monoisotopic (exact) mass is 252 g/mol. The van der Waals surface area contributed by atoms with Crippen LogP contribution in [0.5, 0.6) is 0 Å². The van der Waals surface area contributed by atoms with Gasteiger partial charge in [-0.15, -0.1) is 0 Å². The molecule has 4 nitrogen and oxygen atoms in total. The molecular weight excluding hydrogens is 236 g/mol. The third-order valence-electron chi connectivity index (χ3n) is 2.95. The van der Waals surface area contributed by atoms with Crippen molar-refractivity contribution in [1.29, 1.82) is 0 Å². The molecule has 0 radical (unpaired) electrons. The Balaban J connectivity index is 2.78. The molecule has 0 saturated heterocycles. The smallest absolute Gasteiger partial charge is 0.176 e. The topological polar surface area (TPSA) is 65.1 Å². The van der Waals surface area contributed by atoms with E-state index < -0.39 is 9.84 Å². The van der Waals surface area contributed by atoms with Gasteiger partial charge in [0, 0.05) is 29.9 Å². The van der Waals surface area contributed by atoms with Crippen molar-refractivity contribution >= 4 is 20.7 Å². The van der Waals surface area contributed by atoms with Gasteiger partial charge in [0.05, 0.1) is 4.90 Å². The largest absolute Gasteiger partial charge is 0.348 e. The molecule has 92 valence electrons. The Morgan fingerprint density at radius 3 is 2.65 bits per heavy atom. The fraction of sp³-hybridized carbons (Fsp3) is 0.333. The number of aromatic nitrogens is 1. The number of benzene rings is 1. The van der Waals surface area contributed by atoms with Crippen LogP contribution in [-0.4, -0.2) is 25.8 Å². The second-order valence-corrected chi connectivity index (χ2v) is 6.18. The summed E-state index contributed by atoms with van der Waals surface area (Å²) in [6, 6.07) is 7.25. The van der Waals surface area contributed by atoms with Crippen molar-refractivity contribution in [2.75, 3.05) is 12.8 Å². The number of rotatable bonds is 3. The molecule has 0 saturated carbocycles. The van der Waals surface area contributed by atoms with E-state index >= 15 is 0 Å². The lowest BCUT2D eigenvalue weighted by Crippen LogP contribution is -2.06. The lowest BCUT2D eigenvalue weighted by molar-refractivity contribution is 0.602. The van der Waals surface area contributed by atoms with Gasteiger partial charge in [0.1, 0.15) is 0 Å². The predicted octanol–water partition coefficient (Wildman–Crippen LogP) is 1.08. The SMILES string of the molecule is Cn1c(CCN)cc2c(S(C)(=O)=O)cccc21. The van der Waals surface area contributed by atoms with E-state index in [9.17, 15) is 8.42 Å². The van der Waals surface area contributed by atoms with Crippen molar-refractivity contribution < 1.29 is 8.42 Å². The van der Waals surface area contributed by atoms with Crippen molar-refractivity contribution in [3.8, 4) is 0 Å². The van der Waals surface area contributed by atoms with Crippen LogP contribution in [0.2, 0.25) is 0 Å². The van der Waals surface area contributed by atoms with E-state index in [-0.39, 0.29) is 0 Å². The van der Waals surface area contributed by atoms with Crippen LogP contribution in [0.15, 0.2) is 29.2 Å². The van der Waals surface area contributed by atoms with Gasteiger partial charge in [0.15, 0.2) is 9.84 Å². The molecule has 2 aromatic rings. The molecule has 2 N–H and O–H groups in total. The highest BCUT2D eigenvalue weighted by atomic mass is 32.2. The van der Waals surface area contributed by atoms with E-state index in [1.807, 2.05) is 23.7 Å². The van der Waals surface area contributed by atoms with Gasteiger partial charge in [-0.2, -0.15) is 0 Å². The van der Waals surface area contributed by atoms with E-state index in [1.54, 1.807) is 12.1 Å². The normalized spacial score (nSPS) is 12.2. The Bertz CT molecular complexity index is 656. The van der Waals surface area contributed by atoms with E-state index in [0.717, 1.165) is 23.0 Å². The third-order valence-corrected chi connectivity index (χ3v) is 4.10. The maximum absolute atomic E-state index is 11.7. The Morgan fingerprint density at radius 2 is 2.06 bits per heavy atom. The van der Waals surface area contributed by atoms with Crippen molar-refractivity contribution in [2.45, 2.75) is 11.3 Å². The molecule has 0 aliphatic carbocycles. The van der Waals surface area contributed by atoms with E-state index in [0.29, 0.717) is 11.4 Å². The van der Waals surface area contributed by atoms with Crippen molar-refractivity contribution in [1.82, 2.24) is 4.57 Å². The molecular formula is C12H16N2O2S. The Kier molecular flexibility index (Phi) is 2.97. The molecule has 0 spiro atoms. The molecule has 0 bridgehead atoms. The highest BCUT2D eigenvalue weighted by Gasteiger charge is 2.15. The lowest BCUT2D eigenvalue weighted by Gasteiger charge is -2.03. The molecule has 2 rings (SSSR count). The van der Waals surface area contributed by atoms with Gasteiger partial charge in [0.2, 0.25) is 0 Å². The first-order chi connectivity index (χ1) is 7.95. The summed E-state index contributed by atoms with van der Waals surface area (Å²) < 4.78 is 25.4. The number of aryl methyl sites for hydroxylation is 1. The first-order valence-corrected chi connectivity index (χ1v) is 7.31. The second kappa shape index (κ2) is 4.16. The number of hydrogen-bond acceptors (Lipinski definition) is 3. The summed E-state index contributed by atoms with van der Waals surface area (Å²) in [5.74, 6) is 0. The maximum atomic E-state index is 11.7. The van der Waals surface area contributed by atoms with Crippen LogP contribution in [-0.2, 0) is 23.3 Å². The number of hydrogen-bond donors (Lipinski definition) is 1. The van der Waals surface area contributed by atoms with Gasteiger partial charge >= 0.3 is 0 Å². The predicted molar refractivity (Wildman–Crippen MR) is 68.8 cm³/mol. The van der Waals surface area contributed by atoms with Crippen LogP contribution in [0.1, 0.15) is 5.69 Å².